The summed E-state index contributed by atoms with van der Waals surface area (Å²) in [5.41, 5.74) is 4.56. The molecule has 2 aromatic carbocycles. The number of H-pyrrole nitrogens is 2. The fourth-order valence-corrected chi connectivity index (χ4v) is 12.2. The van der Waals surface area contributed by atoms with Gasteiger partial charge < -0.3 is 44.6 Å². The predicted molar refractivity (Wildman–Crippen MR) is 265 cm³/mol. The topological polar surface area (TPSA) is 202 Å². The summed E-state index contributed by atoms with van der Waals surface area (Å²) in [4.78, 5) is 77.9. The van der Waals surface area contributed by atoms with Crippen LogP contribution in [0, 0.1) is 17.7 Å². The molecule has 0 spiro atoms. The number of carbonyl (C=O) groups is 4. The van der Waals surface area contributed by atoms with Crippen LogP contribution in [0.5, 0.6) is 5.75 Å². The predicted octanol–water partition coefficient (Wildman–Crippen LogP) is 9.54. The Balaban J connectivity index is 0.981. The molecule has 4 aliphatic rings. The zero-order valence-electron chi connectivity index (χ0n) is 41.1. The number of fused-ring (bicyclic) bond motifs is 5. The third kappa shape index (κ3) is 8.79. The lowest BCUT2D eigenvalue weighted by Gasteiger charge is -2.30. The fourth-order valence-electron chi connectivity index (χ4n) is 11.0. The number of thiazole rings is 1. The van der Waals surface area contributed by atoms with Crippen LogP contribution in [-0.4, -0.2) is 103 Å². The molecular weight excluding hydrogens is 928 g/mol. The molecule has 7 heterocycles. The lowest BCUT2D eigenvalue weighted by molar-refractivity contribution is -0.136. The maximum absolute atomic E-state index is 17.0. The number of aromatic nitrogens is 6. The first kappa shape index (κ1) is 47.9. The highest BCUT2D eigenvalue weighted by molar-refractivity contribution is 7.11. The van der Waals surface area contributed by atoms with Gasteiger partial charge in [0.05, 0.1) is 76.7 Å². The van der Waals surface area contributed by atoms with Crippen molar-refractivity contribution in [3.8, 4) is 39.5 Å². The van der Waals surface area contributed by atoms with Crippen LogP contribution in [0.4, 0.5) is 14.0 Å². The van der Waals surface area contributed by atoms with Crippen LogP contribution >= 0.6 is 11.3 Å². The largest absolute Gasteiger partial charge is 0.464 e. The number of amides is 4. The number of hydrogen-bond donors (Lipinski definition) is 4. The molecule has 3 aliphatic heterocycles. The number of alkyl carbamates (subject to hydrolysis) is 2. The first-order valence-corrected chi connectivity index (χ1v) is 25.5. The molecule has 4 aromatic heterocycles. The van der Waals surface area contributed by atoms with Gasteiger partial charge in [-0.1, -0.05) is 53.5 Å². The van der Waals surface area contributed by atoms with Crippen LogP contribution in [0.15, 0.2) is 55.0 Å². The van der Waals surface area contributed by atoms with Gasteiger partial charge in [-0.15, -0.1) is 11.3 Å². The highest BCUT2D eigenvalue weighted by atomic mass is 32.1. The quantitative estimate of drug-likeness (QED) is 0.0915. The van der Waals surface area contributed by atoms with Gasteiger partial charge in [0.1, 0.15) is 35.3 Å². The van der Waals surface area contributed by atoms with E-state index in [-0.39, 0.29) is 41.1 Å². The minimum Gasteiger partial charge on any atom is -0.464 e. The van der Waals surface area contributed by atoms with Gasteiger partial charge in [-0.25, -0.2) is 28.9 Å². The molecule has 1 unspecified atom stereocenters. The number of hydrogen-bond acceptors (Lipinski definition) is 11. The third-order valence-corrected chi connectivity index (χ3v) is 16.2. The van der Waals surface area contributed by atoms with E-state index in [1.54, 1.807) is 33.5 Å². The maximum atomic E-state index is 17.0. The molecule has 10 rings (SSSR count). The van der Waals surface area contributed by atoms with E-state index in [1.165, 1.54) is 20.3 Å². The normalized spacial score (nSPS) is 20.2. The molecule has 3 fully saturated rings. The maximum Gasteiger partial charge on any atom is 0.407 e. The Labute approximate surface area is 415 Å². The molecule has 374 valence electrons. The number of nitrogens with one attached hydrogen (secondary N) is 4. The fraction of sp³-hybridized carbons (Fsp3) is 0.481. The summed E-state index contributed by atoms with van der Waals surface area (Å²) in [6.45, 7) is 10.9. The Morgan fingerprint density at radius 1 is 0.775 bits per heavy atom. The highest BCUT2D eigenvalue weighted by Crippen LogP contribution is 2.50. The number of imidazole rings is 2. The van der Waals surface area contributed by atoms with E-state index in [0.717, 1.165) is 77.0 Å². The minimum absolute atomic E-state index is 0.0154. The number of methoxy groups -OCH3 is 2. The van der Waals surface area contributed by atoms with Crippen LogP contribution in [0.25, 0.3) is 44.7 Å². The molecule has 19 heteroatoms. The van der Waals surface area contributed by atoms with Gasteiger partial charge in [0, 0.05) is 41.2 Å². The van der Waals surface area contributed by atoms with E-state index in [2.05, 4.69) is 38.2 Å². The molecule has 17 nitrogen and oxygen atoms in total. The number of likely N-dealkylation sites (tertiary alicyclic amines) is 2. The van der Waals surface area contributed by atoms with Crippen molar-refractivity contribution in [3.63, 3.8) is 0 Å². The third-order valence-electron chi connectivity index (χ3n) is 14.9. The van der Waals surface area contributed by atoms with Gasteiger partial charge in [-0.05, 0) is 80.7 Å². The van der Waals surface area contributed by atoms with E-state index in [1.807, 2.05) is 58.2 Å². The van der Waals surface area contributed by atoms with Gasteiger partial charge in [0.15, 0.2) is 0 Å². The van der Waals surface area contributed by atoms with E-state index < -0.39 is 36.3 Å². The lowest BCUT2D eigenvalue weighted by atomic mass is 9.90. The second kappa shape index (κ2) is 19.1. The van der Waals surface area contributed by atoms with Crippen molar-refractivity contribution in [3.05, 3.63) is 82.3 Å². The molecule has 5 atom stereocenters. The molecule has 6 aromatic rings. The molecule has 0 bridgehead atoms. The Morgan fingerprint density at radius 2 is 1.35 bits per heavy atom. The van der Waals surface area contributed by atoms with Crippen molar-refractivity contribution in [2.75, 3.05) is 27.3 Å². The van der Waals surface area contributed by atoms with Crippen molar-refractivity contribution in [1.82, 2.24) is 49.9 Å². The Bertz CT molecular complexity index is 3010. The van der Waals surface area contributed by atoms with E-state index in [4.69, 9.17) is 29.2 Å². The molecule has 71 heavy (non-hydrogen) atoms. The highest BCUT2D eigenvalue weighted by Gasteiger charge is 2.41. The molecule has 1 aliphatic carbocycles. The Hall–Kier alpha value is -6.76. The molecule has 0 radical (unpaired) electrons. The monoisotopic (exact) mass is 988 g/mol. The van der Waals surface area contributed by atoms with Crippen LogP contribution in [-0.2, 0) is 24.5 Å². The van der Waals surface area contributed by atoms with Crippen molar-refractivity contribution in [1.29, 1.82) is 0 Å². The van der Waals surface area contributed by atoms with Crippen molar-refractivity contribution >= 4 is 46.2 Å². The summed E-state index contributed by atoms with van der Waals surface area (Å²) in [6.07, 6.45) is 10.8. The average molecular weight is 989 g/mol. The van der Waals surface area contributed by atoms with Gasteiger partial charge in [-0.3, -0.25) is 14.2 Å². The first-order chi connectivity index (χ1) is 34.2. The number of halogens is 1. The summed E-state index contributed by atoms with van der Waals surface area (Å²) < 4.78 is 35.7. The first-order valence-electron chi connectivity index (χ1n) is 24.7. The standard InChI is InChI=1S/C52H61FN10O7S/c1-27(2)42(59-50(66)68-6)46(64)61-18-10-12-36(61)44-54-24-33(57-44)29-14-15-35-31(20-29)22-38-41-32(53)21-30(23-39(41)70-48(63(35)38)40-26-56-49(71-40)52(5)16-8-9-17-52)34-25-55-45(58-34)37-13-11-19-62(37)47(65)43(28(3)4)60-51(67)69-7/h14-15,20-28,36-37,42-43,48H,8-13,16-19H2,1-7H3,(H,54,57)(H,55,58)(H,59,66)(H,60,67)/t36-,37-,42-,43-,48?/m0/s1. The second-order valence-corrected chi connectivity index (χ2v) is 21.3. The second-order valence-electron chi connectivity index (χ2n) is 20.3. The number of carbonyl (C=O) groups excluding carboxylic acids is 4. The zero-order valence-corrected chi connectivity index (χ0v) is 42.0. The van der Waals surface area contributed by atoms with Crippen molar-refractivity contribution in [2.24, 2.45) is 11.8 Å². The van der Waals surface area contributed by atoms with Crippen LogP contribution in [0.1, 0.15) is 126 Å². The molecular formula is C52H61FN10O7S. The number of aromatic amines is 2. The molecule has 1 saturated carbocycles. The summed E-state index contributed by atoms with van der Waals surface area (Å²) >= 11 is 1.65. The SMILES string of the molecule is COC(=O)N[C@H](C(=O)N1CCC[C@H]1c1ncc(-c2cc(F)c3c(c2)OC(c2cnc(C4(C)CCCC4)s2)n2c-3cc3cc(-c4cnc([C@@H]5CCCN5C(=O)[C@@H](NC(=O)OC)C(C)C)[nH]4)ccc32)[nH]1)C(C)C. The van der Waals surface area contributed by atoms with Gasteiger partial charge in [-0.2, -0.15) is 0 Å². The smallest absolute Gasteiger partial charge is 0.407 e. The molecule has 2 saturated heterocycles. The Morgan fingerprint density at radius 3 is 1.92 bits per heavy atom. The number of rotatable bonds is 12. The molecule has 4 N–H and O–H groups in total. The van der Waals surface area contributed by atoms with Crippen molar-refractivity contribution in [2.45, 2.75) is 122 Å². The number of nitrogens with zero attached hydrogens (tertiary/aromatic N) is 6. The summed E-state index contributed by atoms with van der Waals surface area (Å²) in [6, 6.07) is 9.26. The molecule has 4 amide bonds. The summed E-state index contributed by atoms with van der Waals surface area (Å²) in [5, 5.41) is 7.34. The van der Waals surface area contributed by atoms with E-state index >= 15 is 4.39 Å². The average Bonchev–Trinajstić information content (AvgIpc) is 4.22. The summed E-state index contributed by atoms with van der Waals surface area (Å²) in [7, 11) is 2.55. The van der Waals surface area contributed by atoms with Gasteiger partial charge in [0.25, 0.3) is 0 Å². The number of benzene rings is 2. The lowest BCUT2D eigenvalue weighted by Crippen LogP contribution is -2.51. The van der Waals surface area contributed by atoms with E-state index in [0.29, 0.717) is 59.4 Å². The van der Waals surface area contributed by atoms with E-state index in [9.17, 15) is 19.2 Å². The van der Waals surface area contributed by atoms with Crippen LogP contribution in [0.3, 0.4) is 0 Å². The number of ether oxygens (including phenoxy) is 3. The van der Waals surface area contributed by atoms with Crippen LogP contribution < -0.4 is 15.4 Å². The minimum atomic E-state index is -0.775. The van der Waals surface area contributed by atoms with Gasteiger partial charge >= 0.3 is 12.2 Å². The van der Waals surface area contributed by atoms with Gasteiger partial charge in [0.2, 0.25) is 18.0 Å². The Kier molecular flexibility index (Phi) is 12.9. The van der Waals surface area contributed by atoms with Crippen LogP contribution in [0.2, 0.25) is 0 Å². The van der Waals surface area contributed by atoms with Crippen molar-refractivity contribution < 1.29 is 37.8 Å². The summed E-state index contributed by atoms with van der Waals surface area (Å²) in [5.74, 6) is 0.403. The zero-order chi connectivity index (χ0) is 49.9.